The van der Waals surface area contributed by atoms with Crippen LogP contribution < -0.4 is 19.5 Å². The van der Waals surface area contributed by atoms with Gasteiger partial charge >= 0.3 is 0 Å². The van der Waals surface area contributed by atoms with E-state index in [2.05, 4.69) is 11.4 Å². The quantitative estimate of drug-likeness (QED) is 0.927. The highest BCUT2D eigenvalue weighted by molar-refractivity contribution is 5.97. The second-order valence-corrected chi connectivity index (χ2v) is 5.61. The van der Waals surface area contributed by atoms with Crippen LogP contribution in [0.4, 0.5) is 5.69 Å². The lowest BCUT2D eigenvalue weighted by Gasteiger charge is -2.29. The maximum Gasteiger partial charge on any atom is 0.225 e. The fourth-order valence-corrected chi connectivity index (χ4v) is 3.28. The molecule has 6 nitrogen and oxygen atoms in total. The first-order valence-electron chi connectivity index (χ1n) is 7.76. The second kappa shape index (κ2) is 6.73. The van der Waals surface area contributed by atoms with Crippen molar-refractivity contribution in [3.63, 3.8) is 0 Å². The Bertz CT molecular complexity index is 870. The Hall–Kier alpha value is -3.20. The van der Waals surface area contributed by atoms with Crippen molar-refractivity contribution in [2.75, 3.05) is 26.6 Å². The van der Waals surface area contributed by atoms with Gasteiger partial charge in [0.2, 0.25) is 11.7 Å². The zero-order chi connectivity index (χ0) is 18.0. The van der Waals surface area contributed by atoms with Gasteiger partial charge in [0.1, 0.15) is 0 Å². The van der Waals surface area contributed by atoms with Crippen LogP contribution in [0, 0.1) is 11.3 Å². The number of nitrogens with zero attached hydrogens (tertiary/aromatic N) is 1. The lowest BCUT2D eigenvalue weighted by molar-refractivity contribution is -0.116. The molecule has 1 aliphatic heterocycles. The van der Waals surface area contributed by atoms with Gasteiger partial charge in [-0.1, -0.05) is 18.2 Å². The maximum absolute atomic E-state index is 12.3. The van der Waals surface area contributed by atoms with Crippen molar-refractivity contribution >= 4 is 11.6 Å². The number of carbonyl (C=O) groups excluding carboxylic acids is 1. The van der Waals surface area contributed by atoms with Gasteiger partial charge in [-0.3, -0.25) is 4.79 Å². The largest absolute Gasteiger partial charge is 0.493 e. The molecule has 0 saturated carbocycles. The van der Waals surface area contributed by atoms with Crippen LogP contribution in [0.3, 0.4) is 0 Å². The number of hydrogen-bond acceptors (Lipinski definition) is 5. The number of fused-ring (bicyclic) bond motifs is 1. The van der Waals surface area contributed by atoms with Crippen LogP contribution in [0.15, 0.2) is 30.3 Å². The molecule has 1 unspecified atom stereocenters. The zero-order valence-electron chi connectivity index (χ0n) is 14.3. The highest BCUT2D eigenvalue weighted by Gasteiger charge is 2.34. The third-order valence-electron chi connectivity index (χ3n) is 4.34. The second-order valence-electron chi connectivity index (χ2n) is 5.61. The molecule has 0 aromatic heterocycles. The molecule has 1 amide bonds. The van der Waals surface area contributed by atoms with Gasteiger partial charge in [0.25, 0.3) is 0 Å². The summed E-state index contributed by atoms with van der Waals surface area (Å²) in [7, 11) is 4.60. The summed E-state index contributed by atoms with van der Waals surface area (Å²) in [5, 5.41) is 12.3. The molecule has 0 radical (unpaired) electrons. The van der Waals surface area contributed by atoms with Crippen LogP contribution in [0.1, 0.15) is 29.0 Å². The maximum atomic E-state index is 12.3. The van der Waals surface area contributed by atoms with E-state index >= 15 is 0 Å². The van der Waals surface area contributed by atoms with Crippen molar-refractivity contribution in [1.29, 1.82) is 5.26 Å². The number of amides is 1. The minimum atomic E-state index is -0.311. The number of ether oxygens (including phenoxy) is 3. The summed E-state index contributed by atoms with van der Waals surface area (Å²) >= 11 is 0. The SMILES string of the molecule is COc1cc2c(c(OC)c1OC)C(c1ccccc1C#N)CC(=O)N2. The monoisotopic (exact) mass is 338 g/mol. The van der Waals surface area contributed by atoms with Gasteiger partial charge in [-0.2, -0.15) is 5.26 Å². The topological polar surface area (TPSA) is 80.6 Å². The first-order chi connectivity index (χ1) is 12.1. The number of nitriles is 1. The summed E-state index contributed by atoms with van der Waals surface area (Å²) in [6.45, 7) is 0. The molecule has 0 spiro atoms. The van der Waals surface area contributed by atoms with E-state index in [9.17, 15) is 10.1 Å². The lowest BCUT2D eigenvalue weighted by Crippen LogP contribution is -2.25. The average molecular weight is 338 g/mol. The standard InChI is InChI=1S/C19H18N2O4/c1-23-15-9-14-17(19(25-3)18(15)24-2)13(8-16(22)21-14)12-7-5-4-6-11(12)10-20/h4-7,9,13H,8H2,1-3H3,(H,21,22). The molecular weight excluding hydrogens is 320 g/mol. The minimum absolute atomic E-state index is 0.125. The van der Waals surface area contributed by atoms with Gasteiger partial charge < -0.3 is 19.5 Å². The molecule has 0 fully saturated rings. The summed E-state index contributed by atoms with van der Waals surface area (Å²) in [6, 6.07) is 11.2. The predicted molar refractivity (Wildman–Crippen MR) is 92.3 cm³/mol. The van der Waals surface area contributed by atoms with E-state index in [4.69, 9.17) is 14.2 Å². The van der Waals surface area contributed by atoms with E-state index < -0.39 is 0 Å². The van der Waals surface area contributed by atoms with Crippen LogP contribution in [-0.4, -0.2) is 27.2 Å². The number of rotatable bonds is 4. The van der Waals surface area contributed by atoms with Crippen molar-refractivity contribution in [1.82, 2.24) is 0 Å². The molecule has 6 heteroatoms. The van der Waals surface area contributed by atoms with Crippen LogP contribution in [0.2, 0.25) is 0 Å². The van der Waals surface area contributed by atoms with Crippen molar-refractivity contribution in [2.45, 2.75) is 12.3 Å². The number of anilines is 1. The van der Waals surface area contributed by atoms with E-state index in [-0.39, 0.29) is 18.2 Å². The number of carbonyl (C=O) groups is 1. The smallest absolute Gasteiger partial charge is 0.225 e. The lowest BCUT2D eigenvalue weighted by atomic mass is 9.82. The molecule has 3 rings (SSSR count). The average Bonchev–Trinajstić information content (AvgIpc) is 2.65. The van der Waals surface area contributed by atoms with Crippen LogP contribution in [0.25, 0.3) is 0 Å². The summed E-state index contributed by atoms with van der Waals surface area (Å²) < 4.78 is 16.4. The fraction of sp³-hybridized carbons (Fsp3) is 0.263. The van der Waals surface area contributed by atoms with E-state index in [1.54, 1.807) is 25.3 Å². The van der Waals surface area contributed by atoms with Crippen molar-refractivity contribution in [2.24, 2.45) is 0 Å². The Morgan fingerprint density at radius 2 is 1.84 bits per heavy atom. The van der Waals surface area contributed by atoms with Crippen LogP contribution in [0.5, 0.6) is 17.2 Å². The summed E-state index contributed by atoms with van der Waals surface area (Å²) in [6.07, 6.45) is 0.220. The van der Waals surface area contributed by atoms with E-state index in [0.29, 0.717) is 28.5 Å². The Morgan fingerprint density at radius 1 is 1.12 bits per heavy atom. The van der Waals surface area contributed by atoms with Gasteiger partial charge in [0, 0.05) is 24.0 Å². The number of hydrogen-bond donors (Lipinski definition) is 1. The molecule has 2 aromatic carbocycles. The van der Waals surface area contributed by atoms with Crippen LogP contribution >= 0.6 is 0 Å². The highest BCUT2D eigenvalue weighted by Crippen LogP contribution is 2.51. The number of nitrogens with one attached hydrogen (secondary N) is 1. The first-order valence-corrected chi connectivity index (χ1v) is 7.76. The third kappa shape index (κ3) is 2.74. The molecule has 1 heterocycles. The molecular formula is C19H18N2O4. The molecule has 25 heavy (non-hydrogen) atoms. The van der Waals surface area contributed by atoms with E-state index in [0.717, 1.165) is 11.1 Å². The Morgan fingerprint density at radius 3 is 2.48 bits per heavy atom. The van der Waals surface area contributed by atoms with E-state index in [1.165, 1.54) is 14.2 Å². The van der Waals surface area contributed by atoms with Gasteiger partial charge in [-0.05, 0) is 11.6 Å². The van der Waals surface area contributed by atoms with Gasteiger partial charge in [0.15, 0.2) is 11.5 Å². The Balaban J connectivity index is 2.30. The van der Waals surface area contributed by atoms with Gasteiger partial charge in [0.05, 0.1) is 38.6 Å². The zero-order valence-corrected chi connectivity index (χ0v) is 14.3. The molecule has 1 atom stereocenters. The number of methoxy groups -OCH3 is 3. The van der Waals surface area contributed by atoms with Gasteiger partial charge in [-0.15, -0.1) is 0 Å². The molecule has 0 saturated heterocycles. The van der Waals surface area contributed by atoms with E-state index in [1.807, 2.05) is 12.1 Å². The predicted octanol–water partition coefficient (Wildman–Crippen LogP) is 3.06. The van der Waals surface area contributed by atoms with Crippen LogP contribution in [-0.2, 0) is 4.79 Å². The molecule has 128 valence electrons. The summed E-state index contributed by atoms with van der Waals surface area (Å²) in [4.78, 5) is 12.3. The Labute approximate surface area is 145 Å². The molecule has 0 bridgehead atoms. The van der Waals surface area contributed by atoms with Crippen molar-refractivity contribution < 1.29 is 19.0 Å². The van der Waals surface area contributed by atoms with Crippen molar-refractivity contribution in [3.8, 4) is 23.3 Å². The minimum Gasteiger partial charge on any atom is -0.493 e. The summed E-state index contributed by atoms with van der Waals surface area (Å²) in [5.74, 6) is 0.982. The number of benzene rings is 2. The third-order valence-corrected chi connectivity index (χ3v) is 4.34. The normalized spacial score (nSPS) is 15.6. The van der Waals surface area contributed by atoms with Crippen molar-refractivity contribution in [3.05, 3.63) is 47.0 Å². The molecule has 2 aromatic rings. The molecule has 0 aliphatic carbocycles. The molecule has 1 aliphatic rings. The Kier molecular flexibility index (Phi) is 4.48. The fourth-order valence-electron chi connectivity index (χ4n) is 3.28. The highest BCUT2D eigenvalue weighted by atomic mass is 16.5. The van der Waals surface area contributed by atoms with Gasteiger partial charge in [-0.25, -0.2) is 0 Å². The molecule has 1 N–H and O–H groups in total. The summed E-state index contributed by atoms with van der Waals surface area (Å²) in [5.41, 5.74) is 2.70. The first kappa shape index (κ1) is 16.7.